The van der Waals surface area contributed by atoms with Crippen molar-refractivity contribution in [2.24, 2.45) is 0 Å². The highest BCUT2D eigenvalue weighted by molar-refractivity contribution is 8.01. The number of amides is 1. The first kappa shape index (κ1) is 20.1. The standard InChI is InChI=1S/C19H19FN4O2S2/c1-12-7-8-13(9-14(12)20)10-21-17(25)11-27-19-24-23-18(28-19)22-15-5-3-4-6-16(15)26-2/h3-9H,10-11H2,1-2H3,(H,21,25)(H,22,23). The van der Waals surface area contributed by atoms with Gasteiger partial charge >= 0.3 is 0 Å². The molecule has 0 aliphatic carbocycles. The fourth-order valence-electron chi connectivity index (χ4n) is 2.31. The van der Waals surface area contributed by atoms with E-state index >= 15 is 0 Å². The number of thioether (sulfide) groups is 1. The summed E-state index contributed by atoms with van der Waals surface area (Å²) >= 11 is 2.65. The van der Waals surface area contributed by atoms with Gasteiger partial charge in [-0.25, -0.2) is 4.39 Å². The zero-order valence-corrected chi connectivity index (χ0v) is 17.0. The molecule has 3 rings (SSSR count). The third kappa shape index (κ3) is 5.43. The van der Waals surface area contributed by atoms with Crippen molar-refractivity contribution in [1.82, 2.24) is 15.5 Å². The maximum atomic E-state index is 13.5. The van der Waals surface area contributed by atoms with E-state index in [4.69, 9.17) is 4.74 Å². The number of nitrogens with one attached hydrogen (secondary N) is 2. The Bertz CT molecular complexity index is 965. The van der Waals surface area contributed by atoms with E-state index in [-0.39, 0.29) is 24.0 Å². The molecule has 0 fully saturated rings. The largest absolute Gasteiger partial charge is 0.495 e. The van der Waals surface area contributed by atoms with E-state index < -0.39 is 0 Å². The molecule has 0 aliphatic rings. The number of carbonyl (C=O) groups excluding carboxylic acids is 1. The number of aryl methyl sites for hydroxylation is 1. The van der Waals surface area contributed by atoms with Gasteiger partial charge in [-0.15, -0.1) is 10.2 Å². The Labute approximate surface area is 170 Å². The predicted molar refractivity (Wildman–Crippen MR) is 110 cm³/mol. The van der Waals surface area contributed by atoms with E-state index in [1.54, 1.807) is 26.2 Å². The summed E-state index contributed by atoms with van der Waals surface area (Å²) in [6, 6.07) is 12.4. The van der Waals surface area contributed by atoms with Crippen molar-refractivity contribution in [2.75, 3.05) is 18.2 Å². The van der Waals surface area contributed by atoms with Crippen molar-refractivity contribution in [3.8, 4) is 5.75 Å². The summed E-state index contributed by atoms with van der Waals surface area (Å²) in [6.45, 7) is 1.99. The van der Waals surface area contributed by atoms with Crippen LogP contribution in [0.1, 0.15) is 11.1 Å². The van der Waals surface area contributed by atoms with Crippen LogP contribution in [-0.4, -0.2) is 29.0 Å². The minimum Gasteiger partial charge on any atom is -0.495 e. The Hall–Kier alpha value is -2.65. The molecule has 9 heteroatoms. The number of ether oxygens (including phenoxy) is 1. The van der Waals surface area contributed by atoms with Crippen LogP contribution >= 0.6 is 23.1 Å². The third-order valence-electron chi connectivity index (χ3n) is 3.81. The van der Waals surface area contributed by atoms with E-state index in [1.165, 1.54) is 29.2 Å². The highest BCUT2D eigenvalue weighted by Crippen LogP contribution is 2.31. The molecule has 6 nitrogen and oxygen atoms in total. The van der Waals surface area contributed by atoms with E-state index in [9.17, 15) is 9.18 Å². The smallest absolute Gasteiger partial charge is 0.230 e. The van der Waals surface area contributed by atoms with Crippen molar-refractivity contribution < 1.29 is 13.9 Å². The molecule has 28 heavy (non-hydrogen) atoms. The molecular formula is C19H19FN4O2S2. The van der Waals surface area contributed by atoms with Gasteiger partial charge in [0.05, 0.1) is 18.6 Å². The summed E-state index contributed by atoms with van der Waals surface area (Å²) in [5.41, 5.74) is 2.10. The van der Waals surface area contributed by atoms with Crippen LogP contribution < -0.4 is 15.4 Å². The number of para-hydroxylation sites is 2. The van der Waals surface area contributed by atoms with Gasteiger partial charge in [0.15, 0.2) is 4.34 Å². The lowest BCUT2D eigenvalue weighted by atomic mass is 10.1. The van der Waals surface area contributed by atoms with Crippen LogP contribution in [0, 0.1) is 12.7 Å². The van der Waals surface area contributed by atoms with Crippen LogP contribution in [0.15, 0.2) is 46.8 Å². The Kier molecular flexibility index (Phi) is 6.83. The molecule has 3 aromatic rings. The first-order valence-electron chi connectivity index (χ1n) is 8.43. The van der Waals surface area contributed by atoms with Crippen LogP contribution in [0.3, 0.4) is 0 Å². The molecule has 0 bridgehead atoms. The summed E-state index contributed by atoms with van der Waals surface area (Å²) in [5.74, 6) is 0.488. The second kappa shape index (κ2) is 9.52. The monoisotopic (exact) mass is 418 g/mol. The van der Waals surface area contributed by atoms with Crippen LogP contribution in [0.4, 0.5) is 15.2 Å². The number of benzene rings is 2. The first-order valence-corrected chi connectivity index (χ1v) is 10.2. The van der Waals surface area contributed by atoms with Crippen LogP contribution in [0.5, 0.6) is 5.75 Å². The summed E-state index contributed by atoms with van der Waals surface area (Å²) in [5, 5.41) is 14.7. The van der Waals surface area contributed by atoms with E-state index in [0.29, 0.717) is 20.8 Å². The number of hydrogen-bond donors (Lipinski definition) is 2. The lowest BCUT2D eigenvalue weighted by Gasteiger charge is -2.07. The summed E-state index contributed by atoms with van der Waals surface area (Å²) in [6.07, 6.45) is 0. The highest BCUT2D eigenvalue weighted by atomic mass is 32.2. The molecule has 0 radical (unpaired) electrons. The van der Waals surface area contributed by atoms with Gasteiger partial charge in [-0.1, -0.05) is 47.4 Å². The number of rotatable bonds is 8. The normalized spacial score (nSPS) is 10.5. The number of aromatic nitrogens is 2. The number of carbonyl (C=O) groups is 1. The number of hydrogen-bond acceptors (Lipinski definition) is 7. The number of methoxy groups -OCH3 is 1. The second-order valence-corrected chi connectivity index (χ2v) is 8.05. The molecule has 2 N–H and O–H groups in total. The predicted octanol–water partition coefficient (Wildman–Crippen LogP) is 4.15. The molecule has 0 saturated heterocycles. The number of anilines is 2. The van der Waals surface area contributed by atoms with Gasteiger partial charge in [-0.05, 0) is 36.2 Å². The second-order valence-electron chi connectivity index (χ2n) is 5.85. The van der Waals surface area contributed by atoms with Crippen LogP contribution in [0.25, 0.3) is 0 Å². The molecule has 0 atom stereocenters. The Morgan fingerprint density at radius 2 is 2.07 bits per heavy atom. The number of halogens is 1. The average Bonchev–Trinajstić information content (AvgIpc) is 3.15. The number of nitrogens with zero attached hydrogens (tertiary/aromatic N) is 2. The zero-order chi connectivity index (χ0) is 19.9. The molecule has 0 aliphatic heterocycles. The molecule has 0 unspecified atom stereocenters. The van der Waals surface area contributed by atoms with Crippen molar-refractivity contribution in [2.45, 2.75) is 17.8 Å². The summed E-state index contributed by atoms with van der Waals surface area (Å²) < 4.78 is 19.5. The van der Waals surface area contributed by atoms with Gasteiger partial charge in [0.2, 0.25) is 11.0 Å². The minimum absolute atomic E-state index is 0.152. The Balaban J connectivity index is 1.48. The first-order chi connectivity index (χ1) is 13.5. The summed E-state index contributed by atoms with van der Waals surface area (Å²) in [7, 11) is 1.60. The third-order valence-corrected chi connectivity index (χ3v) is 5.78. The van der Waals surface area contributed by atoms with Crippen molar-refractivity contribution in [1.29, 1.82) is 0 Å². The average molecular weight is 419 g/mol. The van der Waals surface area contributed by atoms with Crippen molar-refractivity contribution in [3.05, 3.63) is 59.4 Å². The molecule has 2 aromatic carbocycles. The lowest BCUT2D eigenvalue weighted by molar-refractivity contribution is -0.118. The maximum absolute atomic E-state index is 13.5. The van der Waals surface area contributed by atoms with Crippen LogP contribution in [-0.2, 0) is 11.3 Å². The van der Waals surface area contributed by atoms with Gasteiger partial charge in [-0.2, -0.15) is 0 Å². The fraction of sp³-hybridized carbons (Fsp3) is 0.211. The quantitative estimate of drug-likeness (QED) is 0.536. The highest BCUT2D eigenvalue weighted by Gasteiger charge is 2.10. The molecule has 1 amide bonds. The van der Waals surface area contributed by atoms with Gasteiger partial charge < -0.3 is 15.4 Å². The molecule has 0 saturated carbocycles. The Morgan fingerprint density at radius 3 is 2.86 bits per heavy atom. The molecule has 1 aromatic heterocycles. The topological polar surface area (TPSA) is 76.1 Å². The van der Waals surface area contributed by atoms with Crippen LogP contribution in [0.2, 0.25) is 0 Å². The summed E-state index contributed by atoms with van der Waals surface area (Å²) in [4.78, 5) is 12.0. The zero-order valence-electron chi connectivity index (χ0n) is 15.4. The lowest BCUT2D eigenvalue weighted by Crippen LogP contribution is -2.24. The Morgan fingerprint density at radius 1 is 1.25 bits per heavy atom. The molecule has 1 heterocycles. The van der Waals surface area contributed by atoms with E-state index in [2.05, 4.69) is 20.8 Å². The van der Waals surface area contributed by atoms with Crippen molar-refractivity contribution in [3.63, 3.8) is 0 Å². The molecule has 0 spiro atoms. The van der Waals surface area contributed by atoms with Gasteiger partial charge in [0.1, 0.15) is 11.6 Å². The van der Waals surface area contributed by atoms with E-state index in [0.717, 1.165) is 11.3 Å². The maximum Gasteiger partial charge on any atom is 0.230 e. The van der Waals surface area contributed by atoms with Gasteiger partial charge in [0, 0.05) is 6.54 Å². The van der Waals surface area contributed by atoms with Gasteiger partial charge in [-0.3, -0.25) is 4.79 Å². The fourth-order valence-corrected chi connectivity index (χ4v) is 3.90. The molecular weight excluding hydrogens is 399 g/mol. The minimum atomic E-state index is -0.273. The van der Waals surface area contributed by atoms with E-state index in [1.807, 2.05) is 24.3 Å². The SMILES string of the molecule is COc1ccccc1Nc1nnc(SCC(=O)NCc2ccc(C)c(F)c2)s1. The molecule has 146 valence electrons. The van der Waals surface area contributed by atoms with Gasteiger partial charge in [0.25, 0.3) is 0 Å². The van der Waals surface area contributed by atoms with Crippen molar-refractivity contribution >= 4 is 39.8 Å².